The zero-order valence-corrected chi connectivity index (χ0v) is 18.2. The molecule has 3 aromatic rings. The number of halogens is 1. The average Bonchev–Trinajstić information content (AvgIpc) is 3.12. The summed E-state index contributed by atoms with van der Waals surface area (Å²) in [6.07, 6.45) is 3.36. The Kier molecular flexibility index (Phi) is 7.26. The molecule has 0 fully saturated rings. The number of fused-ring (bicyclic) bond motifs is 1. The number of hydrogen-bond acceptors (Lipinski definition) is 3. The largest absolute Gasteiger partial charge is 0.342 e. The van der Waals surface area contributed by atoms with E-state index in [9.17, 15) is 9.59 Å². The number of para-hydroxylation sites is 2. The molecule has 31 heavy (non-hydrogen) atoms. The second kappa shape index (κ2) is 10.1. The fourth-order valence-electron chi connectivity index (χ4n) is 3.40. The first kappa shape index (κ1) is 22.3. The molecule has 0 saturated heterocycles. The van der Waals surface area contributed by atoms with E-state index in [1.807, 2.05) is 35.8 Å². The third-order valence-electron chi connectivity index (χ3n) is 4.88. The molecule has 1 heterocycles. The molecule has 1 unspecified atom stereocenters. The first-order chi connectivity index (χ1) is 15.0. The van der Waals surface area contributed by atoms with Crippen LogP contribution >= 0.6 is 11.6 Å². The summed E-state index contributed by atoms with van der Waals surface area (Å²) in [5.74, 6) is 0.198. The normalized spacial score (nSPS) is 11.7. The Hall–Kier alpha value is -3.38. The Labute approximate surface area is 186 Å². The van der Waals surface area contributed by atoms with Crippen LogP contribution in [-0.4, -0.2) is 39.4 Å². The van der Waals surface area contributed by atoms with Crippen molar-refractivity contribution in [2.45, 2.75) is 19.5 Å². The quantitative estimate of drug-likeness (QED) is 0.506. The second-order valence-electron chi connectivity index (χ2n) is 7.10. The van der Waals surface area contributed by atoms with Crippen molar-refractivity contribution in [3.05, 3.63) is 90.3 Å². The van der Waals surface area contributed by atoms with Gasteiger partial charge in [0.05, 0.1) is 27.7 Å². The first-order valence-electron chi connectivity index (χ1n) is 9.96. The van der Waals surface area contributed by atoms with Crippen LogP contribution < -0.4 is 5.32 Å². The van der Waals surface area contributed by atoms with Crippen molar-refractivity contribution in [1.29, 1.82) is 0 Å². The summed E-state index contributed by atoms with van der Waals surface area (Å²) in [5.41, 5.74) is 1.96. The minimum Gasteiger partial charge on any atom is -0.342 e. The molecular weight excluding hydrogens is 412 g/mol. The highest BCUT2D eigenvalue weighted by Crippen LogP contribution is 2.22. The summed E-state index contributed by atoms with van der Waals surface area (Å²) in [7, 11) is 0. The molecule has 7 heteroatoms. The van der Waals surface area contributed by atoms with Crippen molar-refractivity contribution >= 4 is 34.4 Å². The molecule has 160 valence electrons. The number of carbonyl (C=O) groups is 2. The van der Waals surface area contributed by atoms with Gasteiger partial charge in [-0.05, 0) is 31.2 Å². The van der Waals surface area contributed by atoms with Gasteiger partial charge in [0.2, 0.25) is 5.91 Å². The van der Waals surface area contributed by atoms with Crippen LogP contribution in [0.15, 0.2) is 73.8 Å². The molecule has 1 aromatic heterocycles. The molecule has 0 aliphatic rings. The number of nitrogens with one attached hydrogen (secondary N) is 1. The molecule has 0 radical (unpaired) electrons. The van der Waals surface area contributed by atoms with Crippen LogP contribution in [0, 0.1) is 0 Å². The summed E-state index contributed by atoms with van der Waals surface area (Å²) in [5, 5.41) is 3.32. The van der Waals surface area contributed by atoms with Crippen molar-refractivity contribution in [3.63, 3.8) is 0 Å². The molecular formula is C24H25ClN4O2. The fourth-order valence-corrected chi connectivity index (χ4v) is 3.62. The Morgan fingerprint density at radius 2 is 1.77 bits per heavy atom. The number of nitrogens with zero attached hydrogens (tertiary/aromatic N) is 3. The van der Waals surface area contributed by atoms with Crippen molar-refractivity contribution in [2.75, 3.05) is 13.1 Å². The van der Waals surface area contributed by atoms with Crippen LogP contribution in [0.25, 0.3) is 11.0 Å². The van der Waals surface area contributed by atoms with E-state index in [-0.39, 0.29) is 18.4 Å². The molecule has 3 rings (SSSR count). The number of rotatable bonds is 9. The molecule has 1 atom stereocenters. The molecule has 6 nitrogen and oxygen atoms in total. The monoisotopic (exact) mass is 436 g/mol. The Morgan fingerprint density at radius 3 is 2.45 bits per heavy atom. The van der Waals surface area contributed by atoms with Gasteiger partial charge in [0.25, 0.3) is 5.91 Å². The predicted octanol–water partition coefficient (Wildman–Crippen LogP) is 4.38. The lowest BCUT2D eigenvalue weighted by molar-refractivity contribution is -0.130. The van der Waals surface area contributed by atoms with E-state index in [4.69, 9.17) is 16.6 Å². The Balaban J connectivity index is 1.92. The molecule has 1 N–H and O–H groups in total. The van der Waals surface area contributed by atoms with E-state index < -0.39 is 6.04 Å². The lowest BCUT2D eigenvalue weighted by Gasteiger charge is -2.22. The number of imidazole rings is 1. The summed E-state index contributed by atoms with van der Waals surface area (Å²) in [4.78, 5) is 32.1. The zero-order chi connectivity index (χ0) is 22.4. The fraction of sp³-hybridized carbons (Fsp3) is 0.208. The van der Waals surface area contributed by atoms with E-state index in [1.165, 1.54) is 0 Å². The zero-order valence-electron chi connectivity index (χ0n) is 17.4. The van der Waals surface area contributed by atoms with Gasteiger partial charge in [-0.2, -0.15) is 0 Å². The van der Waals surface area contributed by atoms with Gasteiger partial charge >= 0.3 is 0 Å². The maximum Gasteiger partial charge on any atom is 0.253 e. The topological polar surface area (TPSA) is 67.2 Å². The maximum absolute atomic E-state index is 13.0. The lowest BCUT2D eigenvalue weighted by atomic mass is 10.2. The van der Waals surface area contributed by atoms with Crippen molar-refractivity contribution in [3.8, 4) is 0 Å². The average molecular weight is 437 g/mol. The van der Waals surface area contributed by atoms with Crippen LogP contribution in [0.4, 0.5) is 0 Å². The minimum atomic E-state index is -0.448. The summed E-state index contributed by atoms with van der Waals surface area (Å²) in [6, 6.07) is 14.0. The van der Waals surface area contributed by atoms with Crippen LogP contribution in [0.5, 0.6) is 0 Å². The first-order valence-corrected chi connectivity index (χ1v) is 10.3. The van der Waals surface area contributed by atoms with Gasteiger partial charge in [0.1, 0.15) is 12.4 Å². The van der Waals surface area contributed by atoms with E-state index in [0.29, 0.717) is 29.5 Å². The third-order valence-corrected chi connectivity index (χ3v) is 5.21. The number of amides is 2. The van der Waals surface area contributed by atoms with Crippen molar-refractivity contribution < 1.29 is 9.59 Å². The SMILES string of the molecule is C=CCN(CC=C)C(=O)Cn1c(C(C)NC(=O)c2ccccc2Cl)nc2ccccc21. The van der Waals surface area contributed by atoms with Crippen LogP contribution in [0.2, 0.25) is 5.02 Å². The van der Waals surface area contributed by atoms with Gasteiger partial charge in [-0.1, -0.05) is 48.0 Å². The van der Waals surface area contributed by atoms with Crippen LogP contribution in [-0.2, 0) is 11.3 Å². The van der Waals surface area contributed by atoms with Gasteiger partial charge in [-0.15, -0.1) is 13.2 Å². The van der Waals surface area contributed by atoms with E-state index >= 15 is 0 Å². The number of hydrogen-bond donors (Lipinski definition) is 1. The number of aromatic nitrogens is 2. The van der Waals surface area contributed by atoms with Gasteiger partial charge < -0.3 is 14.8 Å². The highest BCUT2D eigenvalue weighted by atomic mass is 35.5. The second-order valence-corrected chi connectivity index (χ2v) is 7.50. The van der Waals surface area contributed by atoms with Gasteiger partial charge in [-0.25, -0.2) is 4.98 Å². The summed E-state index contributed by atoms with van der Waals surface area (Å²) < 4.78 is 1.84. The van der Waals surface area contributed by atoms with E-state index in [1.54, 1.807) is 41.3 Å². The number of carbonyl (C=O) groups excluding carboxylic acids is 2. The minimum absolute atomic E-state index is 0.0871. The van der Waals surface area contributed by atoms with Gasteiger partial charge in [0.15, 0.2) is 0 Å². The van der Waals surface area contributed by atoms with Crippen LogP contribution in [0.1, 0.15) is 29.1 Å². The molecule has 0 spiro atoms. The summed E-state index contributed by atoms with van der Waals surface area (Å²) in [6.45, 7) is 10.2. The highest BCUT2D eigenvalue weighted by molar-refractivity contribution is 6.33. The smallest absolute Gasteiger partial charge is 0.253 e. The summed E-state index contributed by atoms with van der Waals surface area (Å²) >= 11 is 6.16. The Morgan fingerprint density at radius 1 is 1.13 bits per heavy atom. The van der Waals surface area contributed by atoms with Crippen LogP contribution in [0.3, 0.4) is 0 Å². The Bertz CT molecular complexity index is 1110. The lowest BCUT2D eigenvalue weighted by Crippen LogP contribution is -2.35. The molecule has 0 bridgehead atoms. The van der Waals surface area contributed by atoms with E-state index in [0.717, 1.165) is 11.0 Å². The van der Waals surface area contributed by atoms with Crippen molar-refractivity contribution in [1.82, 2.24) is 19.8 Å². The standard InChI is InChI=1S/C24H25ClN4O2/c1-4-14-28(15-5-2)22(30)16-29-21-13-9-8-12-20(21)27-23(29)17(3)26-24(31)18-10-6-7-11-19(18)25/h4-13,17H,1-2,14-16H2,3H3,(H,26,31). The van der Waals surface area contributed by atoms with Crippen molar-refractivity contribution in [2.24, 2.45) is 0 Å². The number of benzene rings is 2. The van der Waals surface area contributed by atoms with Gasteiger partial charge in [-0.3, -0.25) is 9.59 Å². The third kappa shape index (κ3) is 5.03. The molecule has 0 aliphatic heterocycles. The molecule has 2 aromatic carbocycles. The molecule has 0 saturated carbocycles. The maximum atomic E-state index is 13.0. The van der Waals surface area contributed by atoms with E-state index in [2.05, 4.69) is 18.5 Å². The van der Waals surface area contributed by atoms with Gasteiger partial charge in [0, 0.05) is 13.1 Å². The highest BCUT2D eigenvalue weighted by Gasteiger charge is 2.22. The predicted molar refractivity (Wildman–Crippen MR) is 124 cm³/mol. The molecule has 0 aliphatic carbocycles. The molecule has 2 amide bonds.